The molecule has 0 bridgehead atoms. The van der Waals surface area contributed by atoms with E-state index in [-0.39, 0.29) is 5.82 Å². The molecule has 0 fully saturated rings. The highest BCUT2D eigenvalue weighted by Crippen LogP contribution is 2.36. The van der Waals surface area contributed by atoms with Gasteiger partial charge in [-0.3, -0.25) is 0 Å². The lowest BCUT2D eigenvalue weighted by molar-refractivity contribution is -0.136. The lowest BCUT2D eigenvalue weighted by Crippen LogP contribution is -2.29. The first-order chi connectivity index (χ1) is 14.1. The Hall–Kier alpha value is -3.68. The summed E-state index contributed by atoms with van der Waals surface area (Å²) in [6.45, 7) is 2.09. The highest BCUT2D eigenvalue weighted by atomic mass is 19.1. The number of nitrogens with zero attached hydrogens (tertiary/aromatic N) is 3. The highest BCUT2D eigenvalue weighted by molar-refractivity contribution is 5.92. The Balaban J connectivity index is 1.65. The Morgan fingerprint density at radius 2 is 2.03 bits per heavy atom. The third-order valence-corrected chi connectivity index (χ3v) is 4.69. The van der Waals surface area contributed by atoms with Crippen LogP contribution in [0.3, 0.4) is 0 Å². The van der Waals surface area contributed by atoms with E-state index in [2.05, 4.69) is 15.4 Å². The van der Waals surface area contributed by atoms with Crippen molar-refractivity contribution in [3.05, 3.63) is 83.1 Å². The maximum Gasteiger partial charge on any atom is 0.338 e. The van der Waals surface area contributed by atoms with Crippen LogP contribution in [-0.2, 0) is 16.1 Å². The second kappa shape index (κ2) is 7.75. The molecule has 4 rings (SSSR count). The van der Waals surface area contributed by atoms with Crippen LogP contribution in [-0.4, -0.2) is 27.8 Å². The molecule has 0 radical (unpaired) electrons. The van der Waals surface area contributed by atoms with Gasteiger partial charge < -0.3 is 14.8 Å². The maximum absolute atomic E-state index is 13.1. The fourth-order valence-electron chi connectivity index (χ4n) is 3.30. The van der Waals surface area contributed by atoms with Crippen molar-refractivity contribution in [2.45, 2.75) is 19.6 Å². The molecule has 2 aromatic carbocycles. The molecular formula is C21H19FN4O3. The number of aromatic nitrogens is 3. The topological polar surface area (TPSA) is 78.3 Å². The van der Waals surface area contributed by atoms with Gasteiger partial charge in [-0.1, -0.05) is 24.3 Å². The van der Waals surface area contributed by atoms with E-state index in [1.807, 2.05) is 24.3 Å². The number of carbonyl (C=O) groups excluding carboxylic acids is 1. The lowest BCUT2D eigenvalue weighted by atomic mass is 9.95. The number of methoxy groups -OCH3 is 1. The normalized spacial score (nSPS) is 15.5. The molecule has 1 aliphatic heterocycles. The second-order valence-electron chi connectivity index (χ2n) is 6.57. The molecule has 0 saturated carbocycles. The Morgan fingerprint density at radius 3 is 2.79 bits per heavy atom. The fraction of sp³-hybridized carbons (Fsp3) is 0.190. The van der Waals surface area contributed by atoms with Crippen molar-refractivity contribution >= 4 is 11.9 Å². The van der Waals surface area contributed by atoms with E-state index >= 15 is 0 Å². The van der Waals surface area contributed by atoms with Gasteiger partial charge in [0.05, 0.1) is 12.7 Å². The molecule has 0 unspecified atom stereocenters. The highest BCUT2D eigenvalue weighted by Gasteiger charge is 2.34. The summed E-state index contributed by atoms with van der Waals surface area (Å²) in [6, 6.07) is 13.0. The van der Waals surface area contributed by atoms with E-state index in [9.17, 15) is 9.18 Å². The van der Waals surface area contributed by atoms with Gasteiger partial charge in [0.15, 0.2) is 0 Å². The smallest absolute Gasteiger partial charge is 0.338 e. The molecule has 3 aromatic rings. The minimum Gasteiger partial charge on any atom is -0.489 e. The summed E-state index contributed by atoms with van der Waals surface area (Å²) in [5.41, 5.74) is 2.75. The van der Waals surface area contributed by atoms with Crippen LogP contribution < -0.4 is 10.1 Å². The standard InChI is InChI=1S/C21H19FN4O3/c1-13-18(20(27)28-2)19(26-21(25-13)23-12-24-26)15-4-3-5-17(10-15)29-11-14-6-8-16(22)9-7-14/h3-10,12,19H,11H2,1-2H3,(H,23,24,25)/t19-/m0/s1. The second-order valence-corrected chi connectivity index (χ2v) is 6.57. The van der Waals surface area contributed by atoms with Gasteiger partial charge in [-0.2, -0.15) is 10.1 Å². The molecule has 29 heavy (non-hydrogen) atoms. The maximum atomic E-state index is 13.1. The number of nitrogens with one attached hydrogen (secondary N) is 1. The summed E-state index contributed by atoms with van der Waals surface area (Å²) in [4.78, 5) is 16.7. The number of allylic oxidation sites excluding steroid dienone is 1. The predicted octanol–water partition coefficient (Wildman–Crippen LogP) is 3.46. The van der Waals surface area contributed by atoms with E-state index < -0.39 is 12.0 Å². The van der Waals surface area contributed by atoms with Crippen LogP contribution in [0.1, 0.15) is 24.1 Å². The van der Waals surface area contributed by atoms with Gasteiger partial charge in [-0.25, -0.2) is 13.9 Å². The van der Waals surface area contributed by atoms with E-state index in [1.54, 1.807) is 23.7 Å². The van der Waals surface area contributed by atoms with Gasteiger partial charge >= 0.3 is 5.97 Å². The van der Waals surface area contributed by atoms with Crippen LogP contribution in [0.15, 0.2) is 66.1 Å². The quantitative estimate of drug-likeness (QED) is 0.668. The molecule has 0 saturated heterocycles. The summed E-state index contributed by atoms with van der Waals surface area (Å²) in [5, 5.41) is 7.35. The number of anilines is 1. The molecule has 1 atom stereocenters. The molecule has 148 valence electrons. The third kappa shape index (κ3) is 3.69. The fourth-order valence-corrected chi connectivity index (χ4v) is 3.30. The average Bonchev–Trinajstić information content (AvgIpc) is 3.20. The first kappa shape index (κ1) is 18.7. The van der Waals surface area contributed by atoms with E-state index in [4.69, 9.17) is 9.47 Å². The lowest BCUT2D eigenvalue weighted by Gasteiger charge is -2.28. The van der Waals surface area contributed by atoms with Crippen LogP contribution in [0.4, 0.5) is 10.3 Å². The van der Waals surface area contributed by atoms with Gasteiger partial charge in [-0.15, -0.1) is 0 Å². The van der Waals surface area contributed by atoms with Crippen LogP contribution in [0, 0.1) is 5.82 Å². The van der Waals surface area contributed by atoms with Gasteiger partial charge in [0.2, 0.25) is 5.95 Å². The zero-order valence-corrected chi connectivity index (χ0v) is 15.9. The number of hydrogen-bond donors (Lipinski definition) is 1. The predicted molar refractivity (Wildman–Crippen MR) is 104 cm³/mol. The molecule has 1 aliphatic rings. The van der Waals surface area contributed by atoms with Crippen molar-refractivity contribution in [1.29, 1.82) is 0 Å². The summed E-state index contributed by atoms with van der Waals surface area (Å²) in [5.74, 6) is 0.424. The van der Waals surface area contributed by atoms with E-state index in [0.717, 1.165) is 11.1 Å². The summed E-state index contributed by atoms with van der Waals surface area (Å²) >= 11 is 0. The zero-order chi connectivity index (χ0) is 20.4. The number of rotatable bonds is 5. The number of esters is 1. The Morgan fingerprint density at radius 1 is 1.24 bits per heavy atom. The molecule has 8 heteroatoms. The average molecular weight is 394 g/mol. The Kier molecular flexibility index (Phi) is 4.99. The molecule has 1 N–H and O–H groups in total. The SMILES string of the molecule is COC(=O)C1=C(C)Nc2ncnn2[C@H]1c1cccc(OCc2ccc(F)cc2)c1. The van der Waals surface area contributed by atoms with Crippen molar-refractivity contribution in [2.75, 3.05) is 12.4 Å². The minimum atomic E-state index is -0.504. The number of fused-ring (bicyclic) bond motifs is 1. The number of carbonyl (C=O) groups is 1. The third-order valence-electron chi connectivity index (χ3n) is 4.69. The number of halogens is 1. The zero-order valence-electron chi connectivity index (χ0n) is 15.9. The molecule has 0 spiro atoms. The minimum absolute atomic E-state index is 0.289. The summed E-state index contributed by atoms with van der Waals surface area (Å²) < 4.78 is 25.6. The van der Waals surface area contributed by atoms with Crippen molar-refractivity contribution in [3.8, 4) is 5.75 Å². The van der Waals surface area contributed by atoms with Crippen molar-refractivity contribution in [2.24, 2.45) is 0 Å². The monoisotopic (exact) mass is 394 g/mol. The molecular weight excluding hydrogens is 375 g/mol. The number of benzene rings is 2. The van der Waals surface area contributed by atoms with Crippen molar-refractivity contribution < 1.29 is 18.7 Å². The van der Waals surface area contributed by atoms with Crippen LogP contribution in [0.5, 0.6) is 5.75 Å². The first-order valence-electron chi connectivity index (χ1n) is 8.99. The van der Waals surface area contributed by atoms with Crippen molar-refractivity contribution in [3.63, 3.8) is 0 Å². The largest absolute Gasteiger partial charge is 0.489 e. The van der Waals surface area contributed by atoms with E-state index in [1.165, 1.54) is 25.6 Å². The molecule has 2 heterocycles. The molecule has 0 amide bonds. The van der Waals surface area contributed by atoms with Gasteiger partial charge in [0.25, 0.3) is 0 Å². The first-order valence-corrected chi connectivity index (χ1v) is 8.99. The Labute approximate surface area is 166 Å². The van der Waals surface area contributed by atoms with E-state index in [0.29, 0.717) is 29.6 Å². The summed E-state index contributed by atoms with van der Waals surface area (Å²) in [7, 11) is 1.35. The molecule has 1 aromatic heterocycles. The van der Waals surface area contributed by atoms with Crippen LogP contribution in [0.25, 0.3) is 0 Å². The Bertz CT molecular complexity index is 1080. The number of hydrogen-bond acceptors (Lipinski definition) is 6. The van der Waals surface area contributed by atoms with Gasteiger partial charge in [0.1, 0.15) is 30.5 Å². The van der Waals surface area contributed by atoms with Crippen LogP contribution >= 0.6 is 0 Å². The van der Waals surface area contributed by atoms with Gasteiger partial charge in [0, 0.05) is 5.70 Å². The summed E-state index contributed by atoms with van der Waals surface area (Å²) in [6.07, 6.45) is 1.43. The molecule has 7 nitrogen and oxygen atoms in total. The van der Waals surface area contributed by atoms with Crippen molar-refractivity contribution in [1.82, 2.24) is 14.8 Å². The molecule has 0 aliphatic carbocycles. The van der Waals surface area contributed by atoms with Gasteiger partial charge in [-0.05, 0) is 42.3 Å². The van der Waals surface area contributed by atoms with Crippen LogP contribution in [0.2, 0.25) is 0 Å². The number of ether oxygens (including phenoxy) is 2.